The van der Waals surface area contributed by atoms with Gasteiger partial charge in [-0.2, -0.15) is 11.3 Å². The van der Waals surface area contributed by atoms with Crippen LogP contribution < -0.4 is 10.6 Å². The van der Waals surface area contributed by atoms with Crippen LogP contribution in [0.5, 0.6) is 0 Å². The van der Waals surface area contributed by atoms with E-state index in [9.17, 15) is 4.79 Å². The zero-order chi connectivity index (χ0) is 8.81. The highest BCUT2D eigenvalue weighted by Crippen LogP contribution is 2.04. The summed E-state index contributed by atoms with van der Waals surface area (Å²) < 4.78 is 0. The molecule has 4 heteroatoms. The number of hydrogen-bond acceptors (Lipinski definition) is 3. The van der Waals surface area contributed by atoms with Crippen molar-refractivity contribution < 1.29 is 4.79 Å². The van der Waals surface area contributed by atoms with Crippen molar-refractivity contribution in [1.82, 2.24) is 10.6 Å². The highest BCUT2D eigenvalue weighted by Gasteiger charge is 1.98. The van der Waals surface area contributed by atoms with E-state index in [1.54, 1.807) is 18.4 Å². The van der Waals surface area contributed by atoms with Crippen molar-refractivity contribution in [1.29, 1.82) is 0 Å². The summed E-state index contributed by atoms with van der Waals surface area (Å²) in [5.74, 6) is 0.0312. The third-order valence-electron chi connectivity index (χ3n) is 1.41. The number of rotatable bonds is 4. The number of hydrogen-bond donors (Lipinski definition) is 2. The first-order valence-electron chi connectivity index (χ1n) is 3.75. The van der Waals surface area contributed by atoms with Crippen LogP contribution in [-0.4, -0.2) is 19.5 Å². The van der Waals surface area contributed by atoms with E-state index in [2.05, 4.69) is 10.6 Å². The van der Waals surface area contributed by atoms with Gasteiger partial charge in [0.25, 0.3) is 0 Å². The third-order valence-corrected chi connectivity index (χ3v) is 2.14. The molecule has 0 saturated carbocycles. The van der Waals surface area contributed by atoms with Gasteiger partial charge in [-0.3, -0.25) is 4.79 Å². The molecule has 0 unspecified atom stereocenters. The van der Waals surface area contributed by atoms with Crippen molar-refractivity contribution in [3.05, 3.63) is 22.4 Å². The van der Waals surface area contributed by atoms with Crippen molar-refractivity contribution in [3.8, 4) is 0 Å². The van der Waals surface area contributed by atoms with E-state index in [0.717, 1.165) is 5.56 Å². The van der Waals surface area contributed by atoms with Crippen molar-refractivity contribution in [2.75, 3.05) is 13.6 Å². The van der Waals surface area contributed by atoms with Gasteiger partial charge in [0.05, 0.1) is 6.54 Å². The third kappa shape index (κ3) is 3.02. The molecule has 0 atom stereocenters. The Bertz CT molecular complexity index is 233. The maximum absolute atomic E-state index is 11.0. The average Bonchev–Trinajstić information content (AvgIpc) is 2.53. The van der Waals surface area contributed by atoms with Crippen molar-refractivity contribution >= 4 is 17.2 Å². The largest absolute Gasteiger partial charge is 0.351 e. The molecule has 12 heavy (non-hydrogen) atoms. The van der Waals surface area contributed by atoms with Gasteiger partial charge in [0, 0.05) is 6.54 Å². The minimum Gasteiger partial charge on any atom is -0.351 e. The average molecular weight is 184 g/mol. The fourth-order valence-electron chi connectivity index (χ4n) is 0.817. The van der Waals surface area contributed by atoms with Gasteiger partial charge in [0.1, 0.15) is 0 Å². The van der Waals surface area contributed by atoms with E-state index in [0.29, 0.717) is 13.1 Å². The summed E-state index contributed by atoms with van der Waals surface area (Å²) in [5, 5.41) is 9.61. The molecule has 66 valence electrons. The van der Waals surface area contributed by atoms with Crippen LogP contribution in [0.3, 0.4) is 0 Å². The molecular formula is C8H12N2OS. The molecule has 0 spiro atoms. The Morgan fingerprint density at radius 3 is 3.08 bits per heavy atom. The first-order chi connectivity index (χ1) is 5.83. The molecule has 0 aliphatic heterocycles. The van der Waals surface area contributed by atoms with Crippen LogP contribution in [0.4, 0.5) is 0 Å². The predicted molar refractivity (Wildman–Crippen MR) is 50.1 cm³/mol. The molecular weight excluding hydrogens is 172 g/mol. The molecule has 0 radical (unpaired) electrons. The van der Waals surface area contributed by atoms with Crippen molar-refractivity contribution in [2.24, 2.45) is 0 Å². The zero-order valence-corrected chi connectivity index (χ0v) is 7.78. The van der Waals surface area contributed by atoms with E-state index < -0.39 is 0 Å². The summed E-state index contributed by atoms with van der Waals surface area (Å²) >= 11 is 1.64. The second kappa shape index (κ2) is 4.90. The predicted octanol–water partition coefficient (Wildman–Crippen LogP) is 0.584. The van der Waals surface area contributed by atoms with Gasteiger partial charge in [-0.15, -0.1) is 0 Å². The van der Waals surface area contributed by atoms with Gasteiger partial charge < -0.3 is 10.6 Å². The molecule has 3 nitrogen and oxygen atoms in total. The molecule has 0 bridgehead atoms. The Labute approximate surface area is 75.8 Å². The zero-order valence-electron chi connectivity index (χ0n) is 6.96. The van der Waals surface area contributed by atoms with Crippen LogP contribution in [-0.2, 0) is 11.3 Å². The van der Waals surface area contributed by atoms with Gasteiger partial charge >= 0.3 is 0 Å². The lowest BCUT2D eigenvalue weighted by molar-refractivity contribution is -0.120. The van der Waals surface area contributed by atoms with Crippen molar-refractivity contribution in [2.45, 2.75) is 6.54 Å². The Morgan fingerprint density at radius 1 is 1.67 bits per heavy atom. The normalized spacial score (nSPS) is 9.75. The van der Waals surface area contributed by atoms with E-state index in [4.69, 9.17) is 0 Å². The molecule has 1 aromatic rings. The Morgan fingerprint density at radius 2 is 2.50 bits per heavy atom. The minimum atomic E-state index is 0.0312. The monoisotopic (exact) mass is 184 g/mol. The Balaban J connectivity index is 2.22. The van der Waals surface area contributed by atoms with E-state index in [-0.39, 0.29) is 5.91 Å². The lowest BCUT2D eigenvalue weighted by atomic mass is 10.3. The first kappa shape index (κ1) is 9.22. The van der Waals surface area contributed by atoms with Gasteiger partial charge in [0.2, 0.25) is 5.91 Å². The van der Waals surface area contributed by atoms with Gasteiger partial charge in [0.15, 0.2) is 0 Å². The smallest absolute Gasteiger partial charge is 0.234 e. The second-order valence-corrected chi connectivity index (χ2v) is 3.22. The summed E-state index contributed by atoms with van der Waals surface area (Å²) in [6.45, 7) is 1.01. The van der Waals surface area contributed by atoms with Crippen LogP contribution in [0, 0.1) is 0 Å². The quantitative estimate of drug-likeness (QED) is 0.719. The summed E-state index contributed by atoms with van der Waals surface area (Å²) in [6.07, 6.45) is 0. The van der Waals surface area contributed by atoms with Gasteiger partial charge in [-0.1, -0.05) is 0 Å². The molecule has 1 rings (SSSR count). The fraction of sp³-hybridized carbons (Fsp3) is 0.375. The summed E-state index contributed by atoms with van der Waals surface area (Å²) in [4.78, 5) is 11.0. The number of thiophene rings is 1. The van der Waals surface area contributed by atoms with Gasteiger partial charge in [-0.05, 0) is 29.4 Å². The molecule has 0 aliphatic rings. The lowest BCUT2D eigenvalue weighted by Crippen LogP contribution is -2.31. The standard InChI is InChI=1S/C8H12N2OS/c1-9-5-8(11)10-4-7-2-3-12-6-7/h2-3,6,9H,4-5H2,1H3,(H,10,11). The molecule has 1 amide bonds. The fourth-order valence-corrected chi connectivity index (χ4v) is 1.49. The SMILES string of the molecule is CNCC(=O)NCc1ccsc1. The molecule has 1 heterocycles. The van der Waals surface area contributed by atoms with Crippen molar-refractivity contribution in [3.63, 3.8) is 0 Å². The summed E-state index contributed by atoms with van der Waals surface area (Å²) in [7, 11) is 1.75. The van der Waals surface area contributed by atoms with Crippen LogP contribution in [0.15, 0.2) is 16.8 Å². The summed E-state index contributed by atoms with van der Waals surface area (Å²) in [6, 6.07) is 2.00. The van der Waals surface area contributed by atoms with E-state index >= 15 is 0 Å². The topological polar surface area (TPSA) is 41.1 Å². The number of amides is 1. The number of nitrogens with one attached hydrogen (secondary N) is 2. The second-order valence-electron chi connectivity index (χ2n) is 2.44. The number of likely N-dealkylation sites (N-methyl/N-ethyl adjacent to an activating group) is 1. The molecule has 1 aromatic heterocycles. The van der Waals surface area contributed by atoms with Crippen LogP contribution in [0.25, 0.3) is 0 Å². The van der Waals surface area contributed by atoms with Gasteiger partial charge in [-0.25, -0.2) is 0 Å². The highest BCUT2D eigenvalue weighted by atomic mass is 32.1. The van der Waals surface area contributed by atoms with Crippen LogP contribution in [0.1, 0.15) is 5.56 Å². The maximum atomic E-state index is 11.0. The minimum absolute atomic E-state index is 0.0312. The maximum Gasteiger partial charge on any atom is 0.234 e. The lowest BCUT2D eigenvalue weighted by Gasteiger charge is -2.01. The molecule has 2 N–H and O–H groups in total. The molecule has 0 aromatic carbocycles. The summed E-state index contributed by atoms with van der Waals surface area (Å²) in [5.41, 5.74) is 1.16. The Kier molecular flexibility index (Phi) is 3.76. The van der Waals surface area contributed by atoms with Crippen LogP contribution >= 0.6 is 11.3 Å². The van der Waals surface area contributed by atoms with E-state index in [1.807, 2.05) is 16.8 Å². The highest BCUT2D eigenvalue weighted by molar-refractivity contribution is 7.07. The molecule has 0 aliphatic carbocycles. The molecule has 0 fully saturated rings. The number of carbonyl (C=O) groups excluding carboxylic acids is 1. The van der Waals surface area contributed by atoms with Crippen LogP contribution in [0.2, 0.25) is 0 Å². The Hall–Kier alpha value is -0.870. The molecule has 0 saturated heterocycles. The first-order valence-corrected chi connectivity index (χ1v) is 4.69. The number of carbonyl (C=O) groups is 1. The van der Waals surface area contributed by atoms with E-state index in [1.165, 1.54) is 0 Å².